The first-order valence-electron chi connectivity index (χ1n) is 7.21. The van der Waals surface area contributed by atoms with Crippen molar-refractivity contribution in [3.05, 3.63) is 41.7 Å². The fourth-order valence-electron chi connectivity index (χ4n) is 2.16. The number of para-hydroxylation sites is 2. The minimum Gasteiger partial charge on any atom is -0.394 e. The normalized spacial score (nSPS) is 12.0. The van der Waals surface area contributed by atoms with Crippen LogP contribution in [-0.4, -0.2) is 45.5 Å². The van der Waals surface area contributed by atoms with Crippen LogP contribution in [0.25, 0.3) is 5.69 Å². The van der Waals surface area contributed by atoms with E-state index in [1.807, 2.05) is 44.2 Å². The molecule has 1 atom stereocenters. The Morgan fingerprint density at radius 1 is 1.41 bits per heavy atom. The van der Waals surface area contributed by atoms with Gasteiger partial charge in [0.15, 0.2) is 0 Å². The Labute approximate surface area is 130 Å². The van der Waals surface area contributed by atoms with Crippen molar-refractivity contribution in [2.75, 3.05) is 19.0 Å². The first-order chi connectivity index (χ1) is 10.4. The molecule has 0 aliphatic rings. The number of amides is 2. The second kappa shape index (κ2) is 6.62. The fraction of sp³-hybridized carbons (Fsp3) is 0.375. The molecule has 2 amide bonds. The van der Waals surface area contributed by atoms with Crippen molar-refractivity contribution in [1.82, 2.24) is 14.7 Å². The predicted molar refractivity (Wildman–Crippen MR) is 86.4 cm³/mol. The zero-order valence-electron chi connectivity index (χ0n) is 13.4. The first kappa shape index (κ1) is 16.0. The van der Waals surface area contributed by atoms with Crippen molar-refractivity contribution in [3.8, 4) is 5.69 Å². The van der Waals surface area contributed by atoms with E-state index in [2.05, 4.69) is 10.4 Å². The van der Waals surface area contributed by atoms with E-state index in [-0.39, 0.29) is 18.7 Å². The number of carbonyl (C=O) groups is 1. The lowest BCUT2D eigenvalue weighted by molar-refractivity contribution is 0.166. The summed E-state index contributed by atoms with van der Waals surface area (Å²) in [6.45, 7) is 5.61. The van der Waals surface area contributed by atoms with E-state index in [0.717, 1.165) is 17.1 Å². The van der Waals surface area contributed by atoms with Crippen LogP contribution in [-0.2, 0) is 0 Å². The van der Waals surface area contributed by atoms with E-state index >= 15 is 0 Å². The lowest BCUT2D eigenvalue weighted by Gasteiger charge is -2.24. The standard InChI is InChI=1S/C16H22N4O2/c1-11-9-12(2)20(18-11)15-8-6-5-7-14(15)17-16(22)19(4)13(3)10-21/h5-9,13,21H,10H2,1-4H3,(H,17,22). The molecule has 2 aromatic rings. The van der Waals surface area contributed by atoms with Gasteiger partial charge in [-0.05, 0) is 39.0 Å². The van der Waals surface area contributed by atoms with Crippen LogP contribution in [0.4, 0.5) is 10.5 Å². The van der Waals surface area contributed by atoms with Gasteiger partial charge in [0.25, 0.3) is 0 Å². The molecular formula is C16H22N4O2. The Hall–Kier alpha value is -2.34. The van der Waals surface area contributed by atoms with E-state index in [0.29, 0.717) is 5.69 Å². The predicted octanol–water partition coefficient (Wildman–Crippen LogP) is 2.33. The number of carbonyl (C=O) groups excluding carboxylic acids is 1. The minimum absolute atomic E-state index is 0.0803. The summed E-state index contributed by atoms with van der Waals surface area (Å²) < 4.78 is 1.81. The van der Waals surface area contributed by atoms with Crippen LogP contribution in [0.5, 0.6) is 0 Å². The Bertz CT molecular complexity index is 666. The monoisotopic (exact) mass is 302 g/mol. The molecule has 118 valence electrons. The molecule has 0 fully saturated rings. The molecule has 6 heteroatoms. The number of rotatable bonds is 4. The second-order valence-electron chi connectivity index (χ2n) is 5.43. The number of aryl methyl sites for hydroxylation is 2. The van der Waals surface area contributed by atoms with Gasteiger partial charge in [-0.3, -0.25) is 0 Å². The zero-order valence-corrected chi connectivity index (χ0v) is 13.4. The number of aromatic nitrogens is 2. The van der Waals surface area contributed by atoms with Gasteiger partial charge in [0.1, 0.15) is 0 Å². The van der Waals surface area contributed by atoms with Crippen molar-refractivity contribution in [2.45, 2.75) is 26.8 Å². The average Bonchev–Trinajstić information content (AvgIpc) is 2.84. The molecule has 6 nitrogen and oxygen atoms in total. The van der Waals surface area contributed by atoms with E-state index in [1.54, 1.807) is 18.7 Å². The van der Waals surface area contributed by atoms with Crippen molar-refractivity contribution in [2.24, 2.45) is 0 Å². The molecule has 2 rings (SSSR count). The van der Waals surface area contributed by atoms with Gasteiger partial charge in [-0.1, -0.05) is 12.1 Å². The Morgan fingerprint density at radius 3 is 2.68 bits per heavy atom. The summed E-state index contributed by atoms with van der Waals surface area (Å²) in [5.74, 6) is 0. The summed E-state index contributed by atoms with van der Waals surface area (Å²) in [5.41, 5.74) is 3.41. The lowest BCUT2D eigenvalue weighted by atomic mass is 10.2. The van der Waals surface area contributed by atoms with Gasteiger partial charge in [0.05, 0.1) is 29.7 Å². The maximum Gasteiger partial charge on any atom is 0.321 e. The quantitative estimate of drug-likeness (QED) is 0.910. The Kier molecular flexibility index (Phi) is 4.82. The summed E-state index contributed by atoms with van der Waals surface area (Å²) in [5, 5.41) is 16.5. The molecular weight excluding hydrogens is 280 g/mol. The average molecular weight is 302 g/mol. The number of hydrogen-bond acceptors (Lipinski definition) is 3. The fourth-order valence-corrected chi connectivity index (χ4v) is 2.16. The number of aliphatic hydroxyl groups excluding tert-OH is 1. The molecule has 0 spiro atoms. The van der Waals surface area contributed by atoms with Gasteiger partial charge in [-0.15, -0.1) is 0 Å². The summed E-state index contributed by atoms with van der Waals surface area (Å²) in [6.07, 6.45) is 0. The van der Waals surface area contributed by atoms with E-state index in [1.165, 1.54) is 4.90 Å². The van der Waals surface area contributed by atoms with Gasteiger partial charge in [-0.25, -0.2) is 9.48 Å². The van der Waals surface area contributed by atoms with Crippen LogP contribution in [0.3, 0.4) is 0 Å². The maximum atomic E-state index is 12.3. The van der Waals surface area contributed by atoms with Crippen LogP contribution >= 0.6 is 0 Å². The highest BCUT2D eigenvalue weighted by Gasteiger charge is 2.17. The smallest absolute Gasteiger partial charge is 0.321 e. The number of benzene rings is 1. The van der Waals surface area contributed by atoms with Crippen molar-refractivity contribution < 1.29 is 9.90 Å². The number of likely N-dealkylation sites (N-methyl/N-ethyl adjacent to an activating group) is 1. The highest BCUT2D eigenvalue weighted by atomic mass is 16.3. The largest absolute Gasteiger partial charge is 0.394 e. The Balaban J connectivity index is 2.30. The van der Waals surface area contributed by atoms with Crippen LogP contribution < -0.4 is 5.32 Å². The highest BCUT2D eigenvalue weighted by molar-refractivity contribution is 5.91. The third kappa shape index (κ3) is 3.28. The van der Waals surface area contributed by atoms with E-state index in [4.69, 9.17) is 5.11 Å². The summed E-state index contributed by atoms with van der Waals surface area (Å²) in [7, 11) is 1.65. The second-order valence-corrected chi connectivity index (χ2v) is 5.43. The third-order valence-electron chi connectivity index (χ3n) is 3.63. The molecule has 0 saturated heterocycles. The topological polar surface area (TPSA) is 70.4 Å². The van der Waals surface area contributed by atoms with Gasteiger partial charge in [0, 0.05) is 12.7 Å². The molecule has 1 aromatic carbocycles. The van der Waals surface area contributed by atoms with Crippen LogP contribution in [0.15, 0.2) is 30.3 Å². The minimum atomic E-state index is -0.268. The van der Waals surface area contributed by atoms with Gasteiger partial charge < -0.3 is 15.3 Å². The molecule has 1 aromatic heterocycles. The molecule has 0 bridgehead atoms. The SMILES string of the molecule is Cc1cc(C)n(-c2ccccc2NC(=O)N(C)C(C)CO)n1. The third-order valence-corrected chi connectivity index (χ3v) is 3.63. The van der Waals surface area contributed by atoms with Crippen LogP contribution in [0, 0.1) is 13.8 Å². The number of hydrogen-bond donors (Lipinski definition) is 2. The molecule has 1 heterocycles. The van der Waals surface area contributed by atoms with E-state index in [9.17, 15) is 4.79 Å². The molecule has 2 N–H and O–H groups in total. The molecule has 1 unspecified atom stereocenters. The lowest BCUT2D eigenvalue weighted by Crippen LogP contribution is -2.40. The molecule has 22 heavy (non-hydrogen) atoms. The summed E-state index contributed by atoms with van der Waals surface area (Å²) in [4.78, 5) is 13.7. The van der Waals surface area contributed by atoms with Crippen molar-refractivity contribution in [3.63, 3.8) is 0 Å². The Morgan fingerprint density at radius 2 is 2.09 bits per heavy atom. The van der Waals surface area contributed by atoms with Crippen LogP contribution in [0.2, 0.25) is 0 Å². The zero-order chi connectivity index (χ0) is 16.3. The number of anilines is 1. The summed E-state index contributed by atoms with van der Waals surface area (Å²) >= 11 is 0. The number of urea groups is 1. The maximum absolute atomic E-state index is 12.3. The number of aliphatic hydroxyl groups is 1. The number of nitrogens with one attached hydrogen (secondary N) is 1. The first-order valence-corrected chi connectivity index (χ1v) is 7.21. The van der Waals surface area contributed by atoms with E-state index < -0.39 is 0 Å². The highest BCUT2D eigenvalue weighted by Crippen LogP contribution is 2.22. The van der Waals surface area contributed by atoms with Gasteiger partial charge in [-0.2, -0.15) is 5.10 Å². The van der Waals surface area contributed by atoms with Gasteiger partial charge in [0.2, 0.25) is 0 Å². The van der Waals surface area contributed by atoms with Crippen molar-refractivity contribution >= 4 is 11.7 Å². The molecule has 0 aliphatic heterocycles. The number of nitrogens with zero attached hydrogens (tertiary/aromatic N) is 3. The van der Waals surface area contributed by atoms with Gasteiger partial charge >= 0.3 is 6.03 Å². The summed E-state index contributed by atoms with van der Waals surface area (Å²) in [6, 6.07) is 8.97. The van der Waals surface area contributed by atoms with Crippen molar-refractivity contribution in [1.29, 1.82) is 0 Å². The van der Waals surface area contributed by atoms with Crippen LogP contribution in [0.1, 0.15) is 18.3 Å². The molecule has 0 radical (unpaired) electrons. The molecule has 0 aliphatic carbocycles. The molecule has 0 saturated carbocycles.